The average molecular weight is 265 g/mol. The molecule has 94 valence electrons. The van der Waals surface area contributed by atoms with Crippen LogP contribution in [-0.2, 0) is 0 Å². The van der Waals surface area contributed by atoms with E-state index in [9.17, 15) is 8.78 Å². The van der Waals surface area contributed by atoms with Crippen LogP contribution in [0.5, 0.6) is 0 Å². The highest BCUT2D eigenvalue weighted by Gasteiger charge is 2.14. The van der Waals surface area contributed by atoms with Crippen LogP contribution in [0.2, 0.25) is 0 Å². The number of nitrogens with two attached hydrogens (primary N) is 1. The van der Waals surface area contributed by atoms with E-state index < -0.39 is 6.43 Å². The number of benzene rings is 2. The smallest absolute Gasteiger partial charge is 0.265 e. The summed E-state index contributed by atoms with van der Waals surface area (Å²) in [5, 5.41) is 0. The Morgan fingerprint density at radius 1 is 1.06 bits per heavy atom. The van der Waals surface area contributed by atoms with Gasteiger partial charge in [0, 0.05) is 21.0 Å². The lowest BCUT2D eigenvalue weighted by atomic mass is 10.2. The fraction of sp³-hybridized carbons (Fsp3) is 0.143. The highest BCUT2D eigenvalue weighted by molar-refractivity contribution is 7.99. The van der Waals surface area contributed by atoms with Gasteiger partial charge in [0.25, 0.3) is 6.43 Å². The number of halogens is 2. The van der Waals surface area contributed by atoms with Gasteiger partial charge in [-0.2, -0.15) is 0 Å². The summed E-state index contributed by atoms with van der Waals surface area (Å²) in [4.78, 5) is 1.48. The Hall–Kier alpha value is -1.55. The molecule has 0 bridgehead atoms. The van der Waals surface area contributed by atoms with E-state index in [1.165, 1.54) is 17.8 Å². The first-order chi connectivity index (χ1) is 8.56. The minimum atomic E-state index is -2.51. The van der Waals surface area contributed by atoms with Crippen LogP contribution in [0.1, 0.15) is 17.6 Å². The number of aryl methyl sites for hydroxylation is 1. The molecule has 0 saturated heterocycles. The number of alkyl halides is 2. The third-order valence-electron chi connectivity index (χ3n) is 2.52. The molecule has 0 fully saturated rings. The van der Waals surface area contributed by atoms with E-state index in [-0.39, 0.29) is 5.56 Å². The Labute approximate surface area is 109 Å². The second-order valence-electron chi connectivity index (χ2n) is 4.01. The first-order valence-electron chi connectivity index (χ1n) is 5.48. The lowest BCUT2D eigenvalue weighted by molar-refractivity contribution is 0.148. The maximum atomic E-state index is 12.9. The van der Waals surface area contributed by atoms with Gasteiger partial charge in [0.2, 0.25) is 0 Å². The van der Waals surface area contributed by atoms with Crippen LogP contribution in [0.4, 0.5) is 14.5 Å². The normalized spacial score (nSPS) is 10.9. The SMILES string of the molecule is Cc1ccc(Sc2ccc(N)cc2C(F)F)cc1. The molecule has 0 atom stereocenters. The van der Waals surface area contributed by atoms with E-state index in [0.717, 1.165) is 10.5 Å². The summed E-state index contributed by atoms with van der Waals surface area (Å²) in [7, 11) is 0. The van der Waals surface area contributed by atoms with E-state index >= 15 is 0 Å². The second-order valence-corrected chi connectivity index (χ2v) is 5.13. The van der Waals surface area contributed by atoms with Gasteiger partial charge in [0.1, 0.15) is 0 Å². The molecule has 0 saturated carbocycles. The predicted molar refractivity (Wildman–Crippen MR) is 71.1 cm³/mol. The monoisotopic (exact) mass is 265 g/mol. The van der Waals surface area contributed by atoms with Crippen LogP contribution < -0.4 is 5.73 Å². The molecule has 2 N–H and O–H groups in total. The largest absolute Gasteiger partial charge is 0.399 e. The molecule has 2 rings (SSSR count). The quantitative estimate of drug-likeness (QED) is 0.816. The van der Waals surface area contributed by atoms with E-state index in [0.29, 0.717) is 10.6 Å². The Morgan fingerprint density at radius 2 is 1.72 bits per heavy atom. The molecule has 0 aliphatic carbocycles. The van der Waals surface area contributed by atoms with E-state index in [1.807, 2.05) is 31.2 Å². The highest BCUT2D eigenvalue weighted by Crippen LogP contribution is 2.36. The minimum Gasteiger partial charge on any atom is -0.399 e. The van der Waals surface area contributed by atoms with Gasteiger partial charge in [-0.1, -0.05) is 29.5 Å². The fourth-order valence-electron chi connectivity index (χ4n) is 1.56. The molecule has 0 aromatic heterocycles. The molecule has 18 heavy (non-hydrogen) atoms. The van der Waals surface area contributed by atoms with Crippen molar-refractivity contribution >= 4 is 17.4 Å². The molecule has 1 nitrogen and oxygen atoms in total. The molecule has 0 spiro atoms. The van der Waals surface area contributed by atoms with Crippen LogP contribution in [0.15, 0.2) is 52.3 Å². The van der Waals surface area contributed by atoms with Crippen molar-refractivity contribution in [2.45, 2.75) is 23.1 Å². The van der Waals surface area contributed by atoms with Crippen LogP contribution in [0.3, 0.4) is 0 Å². The van der Waals surface area contributed by atoms with Crippen LogP contribution >= 0.6 is 11.8 Å². The third kappa shape index (κ3) is 3.01. The van der Waals surface area contributed by atoms with Gasteiger partial charge in [0.15, 0.2) is 0 Å². The predicted octanol–water partition coefficient (Wildman–Crippen LogP) is 4.67. The second kappa shape index (κ2) is 5.40. The molecule has 0 aliphatic heterocycles. The zero-order chi connectivity index (χ0) is 13.1. The summed E-state index contributed by atoms with van der Waals surface area (Å²) in [5.41, 5.74) is 7.03. The Bertz CT molecular complexity index is 538. The van der Waals surface area contributed by atoms with Crippen molar-refractivity contribution < 1.29 is 8.78 Å². The lowest BCUT2D eigenvalue weighted by Gasteiger charge is -2.09. The molecule has 2 aromatic carbocycles. The fourth-order valence-corrected chi connectivity index (χ4v) is 2.49. The van der Waals surface area contributed by atoms with Gasteiger partial charge < -0.3 is 5.73 Å². The minimum absolute atomic E-state index is 0.0134. The third-order valence-corrected chi connectivity index (χ3v) is 3.62. The molecule has 4 heteroatoms. The van der Waals surface area contributed by atoms with Crippen molar-refractivity contribution in [3.05, 3.63) is 53.6 Å². The summed E-state index contributed by atoms with van der Waals surface area (Å²) in [6.07, 6.45) is -2.51. The molecule has 0 radical (unpaired) electrons. The van der Waals surface area contributed by atoms with Gasteiger partial charge >= 0.3 is 0 Å². The van der Waals surface area contributed by atoms with Crippen molar-refractivity contribution in [3.63, 3.8) is 0 Å². The summed E-state index contributed by atoms with van der Waals surface area (Å²) in [6, 6.07) is 12.4. The van der Waals surface area contributed by atoms with Gasteiger partial charge in [0.05, 0.1) is 0 Å². The molecule has 0 aliphatic rings. The Morgan fingerprint density at radius 3 is 2.33 bits per heavy atom. The average Bonchev–Trinajstić information content (AvgIpc) is 2.34. The zero-order valence-corrected chi connectivity index (χ0v) is 10.7. The molecule has 0 amide bonds. The van der Waals surface area contributed by atoms with E-state index in [1.54, 1.807) is 12.1 Å². The number of rotatable bonds is 3. The maximum absolute atomic E-state index is 12.9. The van der Waals surface area contributed by atoms with Crippen LogP contribution in [0, 0.1) is 6.92 Å². The highest BCUT2D eigenvalue weighted by atomic mass is 32.2. The first kappa shape index (κ1) is 12.9. The summed E-state index contributed by atoms with van der Waals surface area (Å²) in [6.45, 7) is 1.99. The molecule has 0 heterocycles. The Kier molecular flexibility index (Phi) is 3.87. The molecule has 2 aromatic rings. The number of anilines is 1. The maximum Gasteiger partial charge on any atom is 0.265 e. The molecular formula is C14H13F2NS. The van der Waals surface area contributed by atoms with Crippen molar-refractivity contribution in [1.82, 2.24) is 0 Å². The van der Waals surface area contributed by atoms with Gasteiger partial charge in [-0.15, -0.1) is 0 Å². The summed E-state index contributed by atoms with van der Waals surface area (Å²) >= 11 is 1.32. The van der Waals surface area contributed by atoms with Crippen molar-refractivity contribution in [2.24, 2.45) is 0 Å². The van der Waals surface area contributed by atoms with Gasteiger partial charge in [-0.25, -0.2) is 8.78 Å². The van der Waals surface area contributed by atoms with Crippen molar-refractivity contribution in [1.29, 1.82) is 0 Å². The topological polar surface area (TPSA) is 26.0 Å². The number of hydrogen-bond acceptors (Lipinski definition) is 2. The zero-order valence-electron chi connectivity index (χ0n) is 9.86. The van der Waals surface area contributed by atoms with Gasteiger partial charge in [-0.3, -0.25) is 0 Å². The molecular weight excluding hydrogens is 252 g/mol. The van der Waals surface area contributed by atoms with E-state index in [4.69, 9.17) is 5.73 Å². The number of hydrogen-bond donors (Lipinski definition) is 1. The summed E-state index contributed by atoms with van der Waals surface area (Å²) < 4.78 is 25.8. The standard InChI is InChI=1S/C14H13F2NS/c1-9-2-5-11(6-3-9)18-13-7-4-10(17)8-12(13)14(15)16/h2-8,14H,17H2,1H3. The summed E-state index contributed by atoms with van der Waals surface area (Å²) in [5.74, 6) is 0. The van der Waals surface area contributed by atoms with Crippen LogP contribution in [-0.4, -0.2) is 0 Å². The Balaban J connectivity index is 2.31. The molecule has 0 unspecified atom stereocenters. The van der Waals surface area contributed by atoms with E-state index in [2.05, 4.69) is 0 Å². The lowest BCUT2D eigenvalue weighted by Crippen LogP contribution is -1.92. The van der Waals surface area contributed by atoms with Gasteiger partial charge in [-0.05, 0) is 37.3 Å². The first-order valence-corrected chi connectivity index (χ1v) is 6.30. The van der Waals surface area contributed by atoms with Crippen LogP contribution in [0.25, 0.3) is 0 Å². The van der Waals surface area contributed by atoms with Crippen molar-refractivity contribution in [3.8, 4) is 0 Å². The van der Waals surface area contributed by atoms with Crippen molar-refractivity contribution in [2.75, 3.05) is 5.73 Å². The number of nitrogen functional groups attached to an aromatic ring is 1.